The highest BCUT2D eigenvalue weighted by Gasteiger charge is 2.22. The fourth-order valence-corrected chi connectivity index (χ4v) is 2.71. The molecule has 0 saturated carbocycles. The first-order valence-corrected chi connectivity index (χ1v) is 9.51. The molecule has 6 heteroatoms. The summed E-state index contributed by atoms with van der Waals surface area (Å²) in [7, 11) is 3.88. The number of anilines is 1. The Morgan fingerprint density at radius 3 is 2.68 bits per heavy atom. The summed E-state index contributed by atoms with van der Waals surface area (Å²) >= 11 is 0. The largest absolute Gasteiger partial charge is 0.400 e. The number of hydrogen-bond acceptors (Lipinski definition) is 6. The van der Waals surface area contributed by atoms with Gasteiger partial charge in [-0.25, -0.2) is 4.98 Å². The summed E-state index contributed by atoms with van der Waals surface area (Å²) in [6.07, 6.45) is 7.90. The summed E-state index contributed by atoms with van der Waals surface area (Å²) in [5, 5.41) is 12.3. The zero-order valence-corrected chi connectivity index (χ0v) is 17.5. The van der Waals surface area contributed by atoms with Crippen LogP contribution in [0.15, 0.2) is 54.1 Å². The summed E-state index contributed by atoms with van der Waals surface area (Å²) in [5.41, 5.74) is 11.0. The Morgan fingerprint density at radius 2 is 2.14 bits per heavy atom. The van der Waals surface area contributed by atoms with Gasteiger partial charge in [-0.1, -0.05) is 32.1 Å². The Morgan fingerprint density at radius 1 is 1.46 bits per heavy atom. The van der Waals surface area contributed by atoms with Crippen LogP contribution in [0, 0.1) is 17.2 Å². The molecule has 2 heterocycles. The van der Waals surface area contributed by atoms with Gasteiger partial charge in [0.15, 0.2) is 5.69 Å². The highest BCUT2D eigenvalue weighted by molar-refractivity contribution is 6.02. The van der Waals surface area contributed by atoms with Gasteiger partial charge < -0.3 is 16.0 Å². The number of allylic oxidation sites excluding steroid dienone is 1. The zero-order valence-electron chi connectivity index (χ0n) is 17.5. The number of aliphatic imine (C=N–C) groups is 1. The number of aromatic nitrogens is 1. The third-order valence-electron chi connectivity index (χ3n) is 4.29. The second-order valence-corrected chi connectivity index (χ2v) is 6.78. The van der Waals surface area contributed by atoms with E-state index in [1.165, 1.54) is 0 Å². The number of nitrogens with one attached hydrogen (secondary N) is 1. The van der Waals surface area contributed by atoms with Crippen LogP contribution >= 0.6 is 0 Å². The summed E-state index contributed by atoms with van der Waals surface area (Å²) in [4.78, 5) is 10.6. The fraction of sp³-hybridized carbons (Fsp3) is 0.409. The van der Waals surface area contributed by atoms with E-state index >= 15 is 0 Å². The normalized spacial score (nSPS) is 15.2. The first-order chi connectivity index (χ1) is 13.4. The van der Waals surface area contributed by atoms with Gasteiger partial charge in [0.1, 0.15) is 6.07 Å². The minimum atomic E-state index is 0.126. The van der Waals surface area contributed by atoms with Crippen molar-refractivity contribution in [3.63, 3.8) is 0 Å². The molecular formula is C22H32N6. The number of nitrogens with zero attached hydrogens (tertiary/aromatic N) is 4. The molecule has 150 valence electrons. The maximum atomic E-state index is 9.13. The molecule has 0 spiro atoms. The smallest absolute Gasteiger partial charge is 0.163 e. The second-order valence-electron chi connectivity index (χ2n) is 6.78. The van der Waals surface area contributed by atoms with E-state index in [2.05, 4.69) is 41.4 Å². The molecule has 28 heavy (non-hydrogen) atoms. The van der Waals surface area contributed by atoms with E-state index in [1.807, 2.05) is 32.0 Å². The van der Waals surface area contributed by atoms with Gasteiger partial charge in [0.25, 0.3) is 0 Å². The lowest BCUT2D eigenvalue weighted by Crippen LogP contribution is -2.22. The molecule has 0 amide bonds. The quantitative estimate of drug-likeness (QED) is 0.697. The Balaban J connectivity index is 0.000000696. The molecule has 2 rings (SSSR count). The van der Waals surface area contributed by atoms with Crippen LogP contribution in [-0.2, 0) is 0 Å². The Kier molecular flexibility index (Phi) is 9.52. The fourth-order valence-electron chi connectivity index (χ4n) is 2.71. The van der Waals surface area contributed by atoms with E-state index in [9.17, 15) is 0 Å². The van der Waals surface area contributed by atoms with Crippen LogP contribution in [0.25, 0.3) is 0 Å². The molecule has 1 aliphatic heterocycles. The van der Waals surface area contributed by atoms with E-state index in [0.29, 0.717) is 5.69 Å². The number of pyridine rings is 1. The zero-order chi connectivity index (χ0) is 21.1. The lowest BCUT2D eigenvalue weighted by molar-refractivity contribution is 0.566. The Labute approximate surface area is 169 Å². The van der Waals surface area contributed by atoms with Crippen molar-refractivity contribution >= 4 is 11.4 Å². The van der Waals surface area contributed by atoms with Crippen molar-refractivity contribution in [1.82, 2.24) is 9.88 Å². The summed E-state index contributed by atoms with van der Waals surface area (Å²) in [6, 6.07) is 4.04. The maximum Gasteiger partial charge on any atom is 0.163 e. The third-order valence-corrected chi connectivity index (χ3v) is 4.29. The molecule has 1 aromatic rings. The van der Waals surface area contributed by atoms with Crippen LogP contribution in [0.1, 0.15) is 44.4 Å². The van der Waals surface area contributed by atoms with Gasteiger partial charge in [0, 0.05) is 56.6 Å². The summed E-state index contributed by atoms with van der Waals surface area (Å²) < 4.78 is 0. The van der Waals surface area contributed by atoms with Crippen molar-refractivity contribution in [2.24, 2.45) is 16.6 Å². The van der Waals surface area contributed by atoms with Gasteiger partial charge in [-0.15, -0.1) is 0 Å². The van der Waals surface area contributed by atoms with E-state index in [4.69, 9.17) is 11.0 Å². The number of nitriles is 1. The van der Waals surface area contributed by atoms with Crippen molar-refractivity contribution in [3.8, 4) is 6.07 Å². The number of rotatable bonds is 7. The van der Waals surface area contributed by atoms with Crippen LogP contribution in [0.5, 0.6) is 0 Å². The molecule has 6 nitrogen and oxygen atoms in total. The molecule has 0 aliphatic carbocycles. The predicted molar refractivity (Wildman–Crippen MR) is 118 cm³/mol. The van der Waals surface area contributed by atoms with Gasteiger partial charge in [0.2, 0.25) is 0 Å². The van der Waals surface area contributed by atoms with Crippen molar-refractivity contribution in [2.45, 2.75) is 33.1 Å². The molecule has 0 fully saturated rings. The SMILES string of the molecule is C=C(CCC)C1CC(c2cnc(C#N)c(NCC)c2)=NC=C1N.C=CN(C)C. The molecule has 1 atom stereocenters. The van der Waals surface area contributed by atoms with Gasteiger partial charge >= 0.3 is 0 Å². The van der Waals surface area contributed by atoms with Crippen molar-refractivity contribution < 1.29 is 0 Å². The molecule has 3 N–H and O–H groups in total. The van der Waals surface area contributed by atoms with Gasteiger partial charge in [0.05, 0.1) is 11.4 Å². The molecule has 1 unspecified atom stereocenters. The molecular weight excluding hydrogens is 348 g/mol. The highest BCUT2D eigenvalue weighted by atomic mass is 15.0. The number of hydrogen-bond donors (Lipinski definition) is 2. The maximum absolute atomic E-state index is 9.13. The molecule has 0 bridgehead atoms. The van der Waals surface area contributed by atoms with Crippen LogP contribution in [-0.4, -0.2) is 36.2 Å². The van der Waals surface area contributed by atoms with Crippen LogP contribution in [0.2, 0.25) is 0 Å². The van der Waals surface area contributed by atoms with Crippen LogP contribution in [0.4, 0.5) is 5.69 Å². The molecule has 0 saturated heterocycles. The first-order valence-electron chi connectivity index (χ1n) is 9.51. The minimum absolute atomic E-state index is 0.126. The van der Waals surface area contributed by atoms with Gasteiger partial charge in [-0.05, 0) is 25.6 Å². The minimum Gasteiger partial charge on any atom is -0.400 e. The van der Waals surface area contributed by atoms with E-state index in [0.717, 1.165) is 54.0 Å². The predicted octanol–water partition coefficient (Wildman–Crippen LogP) is 4.04. The Hall–Kier alpha value is -3.07. The van der Waals surface area contributed by atoms with Gasteiger partial charge in [-0.2, -0.15) is 5.26 Å². The van der Waals surface area contributed by atoms with Crippen molar-refractivity contribution in [1.29, 1.82) is 5.26 Å². The second kappa shape index (κ2) is 11.6. The van der Waals surface area contributed by atoms with Gasteiger partial charge in [-0.3, -0.25) is 4.99 Å². The average molecular weight is 381 g/mol. The first kappa shape index (κ1) is 23.0. The Bertz CT molecular complexity index is 783. The highest BCUT2D eigenvalue weighted by Crippen LogP contribution is 2.29. The molecule has 1 aromatic heterocycles. The molecule has 0 radical (unpaired) electrons. The lowest BCUT2D eigenvalue weighted by atomic mass is 9.86. The molecule has 0 aromatic carbocycles. The summed E-state index contributed by atoms with van der Waals surface area (Å²) in [6.45, 7) is 12.5. The van der Waals surface area contributed by atoms with E-state index < -0.39 is 0 Å². The van der Waals surface area contributed by atoms with Crippen molar-refractivity contribution in [2.75, 3.05) is 26.0 Å². The lowest BCUT2D eigenvalue weighted by Gasteiger charge is -2.24. The van der Waals surface area contributed by atoms with E-state index in [1.54, 1.807) is 18.6 Å². The van der Waals surface area contributed by atoms with Crippen molar-refractivity contribution in [3.05, 3.63) is 60.3 Å². The standard InChI is InChI=1S/C18H23N5.C4H9N/c1-4-6-12(3)14-8-16(23-11-15(14)20)13-7-17(21-5-2)18(9-19)22-10-13;1-4-5(2)3/h7,10-11,14,21H,3-6,8,20H2,1-2H3;4H,1H2,2-3H3. The average Bonchev–Trinajstić information content (AvgIpc) is 2.69. The van der Waals surface area contributed by atoms with Crippen LogP contribution in [0.3, 0.4) is 0 Å². The summed E-state index contributed by atoms with van der Waals surface area (Å²) in [5.74, 6) is 0.126. The van der Waals surface area contributed by atoms with Crippen LogP contribution < -0.4 is 11.1 Å². The third kappa shape index (κ3) is 6.58. The number of nitrogens with two attached hydrogens (primary N) is 1. The molecule has 1 aliphatic rings. The monoisotopic (exact) mass is 380 g/mol. The van der Waals surface area contributed by atoms with E-state index in [-0.39, 0.29) is 5.92 Å². The topological polar surface area (TPSA) is 90.3 Å².